The maximum absolute atomic E-state index is 13.2. The molecule has 2 amide bonds. The summed E-state index contributed by atoms with van der Waals surface area (Å²) in [6.07, 6.45) is 0.0233. The molecule has 0 aliphatic heterocycles. The van der Waals surface area contributed by atoms with Gasteiger partial charge in [-0.2, -0.15) is 0 Å². The van der Waals surface area contributed by atoms with Crippen LogP contribution in [0.15, 0.2) is 42.5 Å². The summed E-state index contributed by atoms with van der Waals surface area (Å²) >= 11 is 12.6. The van der Waals surface area contributed by atoms with Crippen LogP contribution < -0.4 is 5.32 Å². The first-order chi connectivity index (χ1) is 13.5. The van der Waals surface area contributed by atoms with E-state index in [9.17, 15) is 14.0 Å². The van der Waals surface area contributed by atoms with E-state index >= 15 is 0 Å². The lowest BCUT2D eigenvalue weighted by Gasteiger charge is -2.32. The average molecular weight is 439 g/mol. The van der Waals surface area contributed by atoms with Gasteiger partial charge in [0.2, 0.25) is 11.8 Å². The molecule has 0 aliphatic carbocycles. The fraction of sp³-hybridized carbons (Fsp3) is 0.364. The molecule has 1 atom stereocenters. The van der Waals surface area contributed by atoms with E-state index in [1.165, 1.54) is 17.0 Å². The number of carbonyl (C=O) groups excluding carboxylic acids is 2. The van der Waals surface area contributed by atoms with Gasteiger partial charge in [0.15, 0.2) is 0 Å². The topological polar surface area (TPSA) is 49.4 Å². The second-order valence-corrected chi connectivity index (χ2v) is 8.75. The summed E-state index contributed by atoms with van der Waals surface area (Å²) in [7, 11) is 0. The van der Waals surface area contributed by atoms with Gasteiger partial charge in [0, 0.05) is 27.7 Å². The van der Waals surface area contributed by atoms with E-state index in [0.717, 1.165) is 0 Å². The molecule has 7 heteroatoms. The van der Waals surface area contributed by atoms with E-state index in [4.69, 9.17) is 23.2 Å². The van der Waals surface area contributed by atoms with Gasteiger partial charge < -0.3 is 10.2 Å². The summed E-state index contributed by atoms with van der Waals surface area (Å²) in [5, 5.41) is 3.73. The Balaban J connectivity index is 2.32. The van der Waals surface area contributed by atoms with Gasteiger partial charge in [0.1, 0.15) is 11.9 Å². The molecule has 0 radical (unpaired) electrons. The summed E-state index contributed by atoms with van der Waals surface area (Å²) in [5.41, 5.74) is 0.771. The summed E-state index contributed by atoms with van der Waals surface area (Å²) in [4.78, 5) is 27.3. The zero-order valence-electron chi connectivity index (χ0n) is 16.9. The van der Waals surface area contributed by atoms with Gasteiger partial charge >= 0.3 is 0 Å². The van der Waals surface area contributed by atoms with E-state index in [1.807, 2.05) is 20.8 Å². The fourth-order valence-electron chi connectivity index (χ4n) is 2.79. The minimum Gasteiger partial charge on any atom is -0.350 e. The molecule has 0 saturated carbocycles. The third-order valence-corrected chi connectivity index (χ3v) is 5.03. The maximum Gasteiger partial charge on any atom is 0.242 e. The molecule has 0 bridgehead atoms. The number of hydrogen-bond acceptors (Lipinski definition) is 2. The van der Waals surface area contributed by atoms with E-state index in [1.54, 1.807) is 37.3 Å². The zero-order chi connectivity index (χ0) is 21.8. The molecule has 0 aromatic heterocycles. The predicted molar refractivity (Wildman–Crippen MR) is 114 cm³/mol. The van der Waals surface area contributed by atoms with Gasteiger partial charge in [0.25, 0.3) is 0 Å². The molecule has 0 saturated heterocycles. The lowest BCUT2D eigenvalue weighted by Crippen LogP contribution is -2.52. The summed E-state index contributed by atoms with van der Waals surface area (Å²) in [6, 6.07) is 10.0. The van der Waals surface area contributed by atoms with Gasteiger partial charge in [0.05, 0.1) is 6.42 Å². The number of nitrogens with one attached hydrogen (secondary N) is 1. The minimum atomic E-state index is -0.755. The van der Waals surface area contributed by atoms with Crippen LogP contribution in [0.2, 0.25) is 10.0 Å². The quantitative estimate of drug-likeness (QED) is 0.688. The lowest BCUT2D eigenvalue weighted by atomic mass is 10.1. The number of hydrogen-bond donors (Lipinski definition) is 1. The highest BCUT2D eigenvalue weighted by atomic mass is 35.5. The lowest BCUT2D eigenvalue weighted by molar-refractivity contribution is -0.140. The van der Waals surface area contributed by atoms with Crippen LogP contribution in [0.5, 0.6) is 0 Å². The van der Waals surface area contributed by atoms with E-state index in [0.29, 0.717) is 21.2 Å². The van der Waals surface area contributed by atoms with Crippen molar-refractivity contribution in [3.05, 3.63) is 69.5 Å². The number of carbonyl (C=O) groups is 2. The first kappa shape index (κ1) is 23.2. The molecular weight excluding hydrogens is 414 g/mol. The van der Waals surface area contributed by atoms with Gasteiger partial charge in [-0.25, -0.2) is 4.39 Å². The monoisotopic (exact) mass is 438 g/mol. The summed E-state index contributed by atoms with van der Waals surface area (Å²) in [5.74, 6) is -0.948. The zero-order valence-corrected chi connectivity index (χ0v) is 18.4. The highest BCUT2D eigenvalue weighted by Crippen LogP contribution is 2.27. The second-order valence-electron chi connectivity index (χ2n) is 7.94. The first-order valence-electron chi connectivity index (χ1n) is 9.27. The molecule has 0 fully saturated rings. The van der Waals surface area contributed by atoms with Crippen molar-refractivity contribution < 1.29 is 14.0 Å². The van der Waals surface area contributed by atoms with Crippen molar-refractivity contribution in [1.29, 1.82) is 0 Å². The fourth-order valence-corrected chi connectivity index (χ4v) is 3.31. The smallest absolute Gasteiger partial charge is 0.242 e. The van der Waals surface area contributed by atoms with Crippen LogP contribution in [0, 0.1) is 5.82 Å². The number of amides is 2. The molecule has 29 heavy (non-hydrogen) atoms. The largest absolute Gasteiger partial charge is 0.350 e. The molecule has 2 aromatic rings. The first-order valence-corrected chi connectivity index (χ1v) is 10.0. The van der Waals surface area contributed by atoms with Crippen LogP contribution in [0.3, 0.4) is 0 Å². The molecule has 156 valence electrons. The van der Waals surface area contributed by atoms with Gasteiger partial charge in [-0.1, -0.05) is 41.4 Å². The van der Waals surface area contributed by atoms with Crippen molar-refractivity contribution in [2.75, 3.05) is 0 Å². The van der Waals surface area contributed by atoms with Crippen LogP contribution in [0.1, 0.15) is 38.8 Å². The van der Waals surface area contributed by atoms with Crippen LogP contribution in [0.4, 0.5) is 4.39 Å². The molecule has 0 unspecified atom stereocenters. The Kier molecular flexibility index (Phi) is 7.66. The molecule has 4 nitrogen and oxygen atoms in total. The molecule has 2 rings (SSSR count). The van der Waals surface area contributed by atoms with Crippen molar-refractivity contribution in [1.82, 2.24) is 10.2 Å². The Hall–Kier alpha value is -2.11. The van der Waals surface area contributed by atoms with Crippen molar-refractivity contribution in [2.45, 2.75) is 52.2 Å². The Morgan fingerprint density at radius 3 is 2.14 bits per heavy atom. The van der Waals surface area contributed by atoms with Crippen LogP contribution >= 0.6 is 23.2 Å². The van der Waals surface area contributed by atoms with E-state index < -0.39 is 11.6 Å². The molecule has 2 aromatic carbocycles. The number of rotatable bonds is 6. The Bertz CT molecular complexity index is 859. The SMILES string of the molecule is C[C@@H](C(=O)NC(C)(C)C)N(Cc1c(Cl)cccc1Cl)C(=O)Cc1ccc(F)cc1. The maximum atomic E-state index is 13.2. The van der Waals surface area contributed by atoms with Gasteiger partial charge in [-0.15, -0.1) is 0 Å². The number of nitrogens with zero attached hydrogens (tertiary/aromatic N) is 1. The highest BCUT2D eigenvalue weighted by molar-refractivity contribution is 6.36. The highest BCUT2D eigenvalue weighted by Gasteiger charge is 2.29. The predicted octanol–water partition coefficient (Wildman–Crippen LogP) is 5.01. The molecule has 0 aliphatic rings. The normalized spacial score (nSPS) is 12.4. The number of halogens is 3. The molecule has 0 spiro atoms. The standard InChI is InChI=1S/C22H25Cl2FN2O2/c1-14(21(29)26-22(2,3)4)27(13-17-18(23)6-5-7-19(17)24)20(28)12-15-8-10-16(25)11-9-15/h5-11,14H,12-13H2,1-4H3,(H,26,29)/t14-/m0/s1. The summed E-state index contributed by atoms with van der Waals surface area (Å²) in [6.45, 7) is 7.35. The van der Waals surface area contributed by atoms with Gasteiger partial charge in [-0.3, -0.25) is 9.59 Å². The van der Waals surface area contributed by atoms with Crippen molar-refractivity contribution >= 4 is 35.0 Å². The van der Waals surface area contributed by atoms with Crippen LogP contribution in [-0.4, -0.2) is 28.3 Å². The van der Waals surface area contributed by atoms with Crippen LogP contribution in [-0.2, 0) is 22.6 Å². The van der Waals surface area contributed by atoms with Crippen LogP contribution in [0.25, 0.3) is 0 Å². The van der Waals surface area contributed by atoms with E-state index in [2.05, 4.69) is 5.32 Å². The van der Waals surface area contributed by atoms with Crippen molar-refractivity contribution in [3.8, 4) is 0 Å². The Morgan fingerprint density at radius 2 is 1.62 bits per heavy atom. The van der Waals surface area contributed by atoms with E-state index in [-0.39, 0.29) is 30.6 Å². The van der Waals surface area contributed by atoms with Gasteiger partial charge in [-0.05, 0) is 57.5 Å². The molecule has 0 heterocycles. The Morgan fingerprint density at radius 1 is 1.07 bits per heavy atom. The summed E-state index contributed by atoms with van der Waals surface area (Å²) < 4.78 is 13.2. The van der Waals surface area contributed by atoms with Crippen molar-refractivity contribution in [3.63, 3.8) is 0 Å². The third-order valence-electron chi connectivity index (χ3n) is 4.32. The number of benzene rings is 2. The average Bonchev–Trinajstić information content (AvgIpc) is 2.61. The minimum absolute atomic E-state index is 0.0233. The Labute approximate surface area is 181 Å². The molecule has 1 N–H and O–H groups in total. The third kappa shape index (κ3) is 6.72. The molecular formula is C22H25Cl2FN2O2. The van der Waals surface area contributed by atoms with Crippen molar-refractivity contribution in [2.24, 2.45) is 0 Å². The second kappa shape index (κ2) is 9.59.